The van der Waals surface area contributed by atoms with Crippen LogP contribution in [0.2, 0.25) is 0 Å². The quantitative estimate of drug-likeness (QED) is 0.735. The number of aromatic amines is 1. The fourth-order valence-electron chi connectivity index (χ4n) is 3.20. The van der Waals surface area contributed by atoms with E-state index in [-0.39, 0.29) is 11.5 Å². The van der Waals surface area contributed by atoms with E-state index in [1.54, 1.807) is 12.1 Å². The van der Waals surface area contributed by atoms with E-state index in [9.17, 15) is 9.59 Å². The summed E-state index contributed by atoms with van der Waals surface area (Å²) in [6, 6.07) is 12.8. The number of nitrogens with one attached hydrogen (secondary N) is 2. The first kappa shape index (κ1) is 16.4. The van der Waals surface area contributed by atoms with Crippen molar-refractivity contribution in [3.05, 3.63) is 69.9 Å². The number of pyridine rings is 1. The summed E-state index contributed by atoms with van der Waals surface area (Å²) in [5, 5.41) is 11.4. The van der Waals surface area contributed by atoms with Gasteiger partial charge in [-0.05, 0) is 18.2 Å². The number of rotatable bonds is 3. The molecule has 1 amide bonds. The summed E-state index contributed by atoms with van der Waals surface area (Å²) in [6.45, 7) is 2.99. The van der Waals surface area contributed by atoms with Crippen LogP contribution in [-0.4, -0.2) is 52.2 Å². The normalized spacial score (nSPS) is 14.5. The Kier molecular flexibility index (Phi) is 4.45. The zero-order valence-corrected chi connectivity index (χ0v) is 14.2. The van der Waals surface area contributed by atoms with Crippen LogP contribution in [0.5, 0.6) is 0 Å². The van der Waals surface area contributed by atoms with Crippen LogP contribution < -0.4 is 10.9 Å². The summed E-state index contributed by atoms with van der Waals surface area (Å²) in [5.74, 6) is -0.0485. The maximum Gasteiger partial charge on any atom is 0.272 e. The van der Waals surface area contributed by atoms with Gasteiger partial charge in [0.25, 0.3) is 11.5 Å². The summed E-state index contributed by atoms with van der Waals surface area (Å²) < 4.78 is 0. The number of fused-ring (bicyclic) bond motifs is 1. The molecule has 0 radical (unpaired) electrons. The molecule has 132 valence electrons. The third kappa shape index (κ3) is 3.21. The van der Waals surface area contributed by atoms with Gasteiger partial charge >= 0.3 is 0 Å². The van der Waals surface area contributed by atoms with Crippen molar-refractivity contribution in [2.24, 2.45) is 0 Å². The Bertz CT molecular complexity index is 1010. The van der Waals surface area contributed by atoms with Gasteiger partial charge in [0.15, 0.2) is 0 Å². The van der Waals surface area contributed by atoms with E-state index in [1.807, 2.05) is 35.2 Å². The van der Waals surface area contributed by atoms with Crippen molar-refractivity contribution < 1.29 is 4.79 Å². The molecule has 0 bridgehead atoms. The van der Waals surface area contributed by atoms with Gasteiger partial charge in [-0.2, -0.15) is 5.10 Å². The molecule has 0 unspecified atom stereocenters. The minimum absolute atomic E-state index is 0.0485. The molecular weight excluding hydrogens is 330 g/mol. The summed E-state index contributed by atoms with van der Waals surface area (Å²) in [5.41, 5.74) is 1.72. The molecule has 2 aromatic heterocycles. The number of nitrogens with zero attached hydrogens (tertiary/aromatic N) is 3. The Morgan fingerprint density at radius 3 is 2.62 bits per heavy atom. The van der Waals surface area contributed by atoms with Crippen LogP contribution in [0.1, 0.15) is 21.9 Å². The van der Waals surface area contributed by atoms with E-state index in [0.717, 1.165) is 29.9 Å². The van der Waals surface area contributed by atoms with E-state index >= 15 is 0 Å². The number of H-pyrrole nitrogens is 1. The van der Waals surface area contributed by atoms with Crippen LogP contribution in [0.3, 0.4) is 0 Å². The summed E-state index contributed by atoms with van der Waals surface area (Å²) in [7, 11) is 0. The number of hydrogen-bond donors (Lipinski definition) is 2. The molecule has 0 spiro atoms. The van der Waals surface area contributed by atoms with Crippen LogP contribution in [-0.2, 0) is 6.42 Å². The van der Waals surface area contributed by atoms with Crippen molar-refractivity contribution >= 4 is 16.7 Å². The maximum absolute atomic E-state index is 12.6. The molecule has 1 aromatic carbocycles. The van der Waals surface area contributed by atoms with Crippen LogP contribution in [0, 0.1) is 0 Å². The molecule has 0 atom stereocenters. The highest BCUT2D eigenvalue weighted by Crippen LogP contribution is 2.16. The lowest BCUT2D eigenvalue weighted by molar-refractivity contribution is 0.0729. The Labute approximate surface area is 150 Å². The highest BCUT2D eigenvalue weighted by atomic mass is 16.2. The fourth-order valence-corrected chi connectivity index (χ4v) is 3.20. The molecular formula is C19H19N5O2. The minimum atomic E-state index is -0.208. The first-order chi connectivity index (χ1) is 12.7. The predicted molar refractivity (Wildman–Crippen MR) is 98.2 cm³/mol. The van der Waals surface area contributed by atoms with Crippen molar-refractivity contribution in [1.82, 2.24) is 25.4 Å². The first-order valence-corrected chi connectivity index (χ1v) is 8.64. The third-order valence-corrected chi connectivity index (χ3v) is 4.55. The van der Waals surface area contributed by atoms with Gasteiger partial charge in [0.1, 0.15) is 5.69 Å². The molecule has 1 aliphatic heterocycles. The van der Waals surface area contributed by atoms with Crippen LogP contribution in [0.4, 0.5) is 0 Å². The van der Waals surface area contributed by atoms with Crippen molar-refractivity contribution in [3.63, 3.8) is 0 Å². The monoisotopic (exact) mass is 349 g/mol. The van der Waals surface area contributed by atoms with Crippen molar-refractivity contribution in [3.8, 4) is 0 Å². The molecule has 7 nitrogen and oxygen atoms in total. The number of carbonyl (C=O) groups is 1. The van der Waals surface area contributed by atoms with Crippen molar-refractivity contribution in [1.29, 1.82) is 0 Å². The smallest absolute Gasteiger partial charge is 0.272 e. The standard InChI is InChI=1S/C19H19N5O2/c25-18-15-6-2-1-5-14(15)17(22-23-18)12-13-4-3-7-16(21-13)19(26)24-10-8-20-9-11-24/h1-7,20H,8-12H2,(H,23,25). The molecule has 26 heavy (non-hydrogen) atoms. The average Bonchev–Trinajstić information content (AvgIpc) is 2.71. The Morgan fingerprint density at radius 2 is 1.81 bits per heavy atom. The molecule has 0 saturated carbocycles. The van der Waals surface area contributed by atoms with Gasteiger partial charge in [0.2, 0.25) is 0 Å². The first-order valence-electron chi connectivity index (χ1n) is 8.64. The van der Waals surface area contributed by atoms with Crippen LogP contribution in [0.25, 0.3) is 10.8 Å². The number of benzene rings is 1. The number of hydrogen-bond acceptors (Lipinski definition) is 5. The van der Waals surface area contributed by atoms with Gasteiger partial charge in [-0.3, -0.25) is 9.59 Å². The third-order valence-electron chi connectivity index (χ3n) is 4.55. The van der Waals surface area contributed by atoms with E-state index in [2.05, 4.69) is 20.5 Å². The van der Waals surface area contributed by atoms with Gasteiger partial charge in [-0.25, -0.2) is 10.1 Å². The summed E-state index contributed by atoms with van der Waals surface area (Å²) in [6.07, 6.45) is 0.444. The summed E-state index contributed by atoms with van der Waals surface area (Å²) >= 11 is 0. The maximum atomic E-state index is 12.6. The largest absolute Gasteiger partial charge is 0.335 e. The summed E-state index contributed by atoms with van der Waals surface area (Å²) in [4.78, 5) is 30.9. The Morgan fingerprint density at radius 1 is 1.04 bits per heavy atom. The lowest BCUT2D eigenvalue weighted by Crippen LogP contribution is -2.46. The second kappa shape index (κ2) is 7.05. The van der Waals surface area contributed by atoms with Gasteiger partial charge in [0, 0.05) is 43.7 Å². The molecule has 1 saturated heterocycles. The van der Waals surface area contributed by atoms with Gasteiger partial charge in [-0.1, -0.05) is 24.3 Å². The van der Waals surface area contributed by atoms with E-state index < -0.39 is 0 Å². The second-order valence-electron chi connectivity index (χ2n) is 6.28. The number of amides is 1. The predicted octanol–water partition coefficient (Wildman–Crippen LogP) is 0.954. The highest BCUT2D eigenvalue weighted by Gasteiger charge is 2.19. The molecule has 2 N–H and O–H groups in total. The molecule has 0 aliphatic carbocycles. The number of carbonyl (C=O) groups excluding carboxylic acids is 1. The van der Waals surface area contributed by atoms with E-state index in [4.69, 9.17) is 0 Å². The minimum Gasteiger partial charge on any atom is -0.335 e. The van der Waals surface area contributed by atoms with Gasteiger partial charge < -0.3 is 10.2 Å². The molecule has 1 aliphatic rings. The van der Waals surface area contributed by atoms with Gasteiger partial charge in [0.05, 0.1) is 11.1 Å². The average molecular weight is 349 g/mol. The van der Waals surface area contributed by atoms with Gasteiger partial charge in [-0.15, -0.1) is 0 Å². The molecule has 4 rings (SSSR count). The second-order valence-corrected chi connectivity index (χ2v) is 6.28. The highest BCUT2D eigenvalue weighted by molar-refractivity contribution is 5.92. The SMILES string of the molecule is O=C(c1cccc(Cc2n[nH]c(=O)c3ccccc23)n1)N1CCNCC1. The van der Waals surface area contributed by atoms with E-state index in [1.165, 1.54) is 0 Å². The number of piperazine rings is 1. The Balaban J connectivity index is 1.63. The lowest BCUT2D eigenvalue weighted by atomic mass is 10.1. The zero-order chi connectivity index (χ0) is 17.9. The van der Waals surface area contributed by atoms with Crippen molar-refractivity contribution in [2.75, 3.05) is 26.2 Å². The van der Waals surface area contributed by atoms with Crippen LogP contribution in [0.15, 0.2) is 47.3 Å². The fraction of sp³-hybridized carbons (Fsp3) is 0.263. The van der Waals surface area contributed by atoms with Crippen molar-refractivity contribution in [2.45, 2.75) is 6.42 Å². The molecule has 1 fully saturated rings. The topological polar surface area (TPSA) is 91.0 Å². The Hall–Kier alpha value is -3.06. The number of aromatic nitrogens is 3. The lowest BCUT2D eigenvalue weighted by Gasteiger charge is -2.27. The molecule has 7 heteroatoms. The molecule has 3 heterocycles. The molecule has 3 aromatic rings. The zero-order valence-electron chi connectivity index (χ0n) is 14.2. The van der Waals surface area contributed by atoms with E-state index in [0.29, 0.717) is 30.6 Å². The van der Waals surface area contributed by atoms with Crippen LogP contribution >= 0.6 is 0 Å².